The fourth-order valence-electron chi connectivity index (χ4n) is 4.06. The van der Waals surface area contributed by atoms with E-state index in [1.165, 1.54) is 89.7 Å². The summed E-state index contributed by atoms with van der Waals surface area (Å²) < 4.78 is 10.5. The Balaban J connectivity index is 1.90. The van der Waals surface area contributed by atoms with Crippen LogP contribution in [0.25, 0.3) is 0 Å². The van der Waals surface area contributed by atoms with Crippen molar-refractivity contribution >= 4 is 5.97 Å². The number of hydrogen-bond acceptors (Lipinski definition) is 4. The first-order chi connectivity index (χ1) is 15.7. The van der Waals surface area contributed by atoms with Crippen molar-refractivity contribution in [3.05, 3.63) is 23.8 Å². The molecule has 0 saturated heterocycles. The van der Waals surface area contributed by atoms with E-state index in [9.17, 15) is 9.90 Å². The Morgan fingerprint density at radius 2 is 1.31 bits per heavy atom. The van der Waals surface area contributed by atoms with Gasteiger partial charge in [0.25, 0.3) is 0 Å². The molecule has 0 radical (unpaired) electrons. The van der Waals surface area contributed by atoms with Gasteiger partial charge in [0.1, 0.15) is 11.5 Å². The number of benzene rings is 1. The Hall–Kier alpha value is -1.71. The molecule has 0 saturated carbocycles. The van der Waals surface area contributed by atoms with Gasteiger partial charge in [-0.2, -0.15) is 0 Å². The summed E-state index contributed by atoms with van der Waals surface area (Å²) in [5, 5.41) is 9.91. The number of carbonyl (C=O) groups excluding carboxylic acids is 1. The molecule has 0 aliphatic rings. The first-order valence-electron chi connectivity index (χ1n) is 13.2. The number of phenols is 1. The van der Waals surface area contributed by atoms with E-state index in [1.807, 2.05) is 6.07 Å². The lowest BCUT2D eigenvalue weighted by Gasteiger charge is -2.09. The van der Waals surface area contributed by atoms with E-state index >= 15 is 0 Å². The maximum atomic E-state index is 11.0. The van der Waals surface area contributed by atoms with Gasteiger partial charge in [-0.05, 0) is 43.4 Å². The Labute approximate surface area is 197 Å². The molecule has 0 spiro atoms. The van der Waals surface area contributed by atoms with Crippen LogP contribution in [-0.2, 0) is 16.0 Å². The predicted octanol–water partition coefficient (Wildman–Crippen LogP) is 8.14. The largest absolute Gasteiger partial charge is 0.508 e. The van der Waals surface area contributed by atoms with Crippen LogP contribution in [0, 0.1) is 0 Å². The number of rotatable bonds is 21. The van der Waals surface area contributed by atoms with Gasteiger partial charge in [-0.1, -0.05) is 90.4 Å². The Morgan fingerprint density at radius 1 is 0.750 bits per heavy atom. The summed E-state index contributed by atoms with van der Waals surface area (Å²) in [4.78, 5) is 11.0. The van der Waals surface area contributed by atoms with Crippen LogP contribution in [0.2, 0.25) is 0 Å². The highest BCUT2D eigenvalue weighted by Crippen LogP contribution is 2.23. The summed E-state index contributed by atoms with van der Waals surface area (Å²) in [6.07, 6.45) is 21.4. The van der Waals surface area contributed by atoms with Gasteiger partial charge in [0.15, 0.2) is 0 Å². The van der Waals surface area contributed by atoms with Gasteiger partial charge in [-0.15, -0.1) is 0 Å². The number of ether oxygens (including phenoxy) is 2. The molecule has 1 N–H and O–H groups in total. The molecule has 0 fully saturated rings. The second-order valence-electron chi connectivity index (χ2n) is 9.06. The van der Waals surface area contributed by atoms with Crippen molar-refractivity contribution in [2.75, 3.05) is 13.7 Å². The van der Waals surface area contributed by atoms with Crippen LogP contribution in [0.5, 0.6) is 11.5 Å². The molecule has 1 rings (SSSR count). The van der Waals surface area contributed by atoms with E-state index in [2.05, 4.69) is 17.7 Å². The third kappa shape index (κ3) is 16.0. The molecule has 1 aromatic carbocycles. The maximum Gasteiger partial charge on any atom is 0.305 e. The zero-order valence-electron chi connectivity index (χ0n) is 20.8. The summed E-state index contributed by atoms with van der Waals surface area (Å²) in [5.74, 6) is 1.04. The van der Waals surface area contributed by atoms with E-state index in [1.54, 1.807) is 6.07 Å². The van der Waals surface area contributed by atoms with Crippen LogP contribution in [0.15, 0.2) is 18.2 Å². The van der Waals surface area contributed by atoms with Crippen molar-refractivity contribution in [1.29, 1.82) is 0 Å². The predicted molar refractivity (Wildman–Crippen MR) is 133 cm³/mol. The average molecular weight is 449 g/mol. The molecular formula is C28H48O4. The van der Waals surface area contributed by atoms with Gasteiger partial charge in [0, 0.05) is 12.5 Å². The highest BCUT2D eigenvalue weighted by atomic mass is 16.5. The maximum absolute atomic E-state index is 11.0. The molecule has 1 aromatic rings. The first kappa shape index (κ1) is 28.3. The van der Waals surface area contributed by atoms with Gasteiger partial charge in [-0.25, -0.2) is 0 Å². The lowest BCUT2D eigenvalue weighted by Crippen LogP contribution is -1.99. The summed E-state index contributed by atoms with van der Waals surface area (Å²) in [7, 11) is 1.46. The minimum absolute atomic E-state index is 0.0826. The molecule has 0 atom stereocenters. The highest BCUT2D eigenvalue weighted by molar-refractivity contribution is 5.68. The van der Waals surface area contributed by atoms with Crippen molar-refractivity contribution < 1.29 is 19.4 Å². The second kappa shape index (κ2) is 19.9. The van der Waals surface area contributed by atoms with Crippen LogP contribution in [0.1, 0.15) is 122 Å². The Kier molecular flexibility index (Phi) is 17.6. The normalized spacial score (nSPS) is 10.9. The highest BCUT2D eigenvalue weighted by Gasteiger charge is 2.02. The molecule has 184 valence electrons. The topological polar surface area (TPSA) is 55.8 Å². The van der Waals surface area contributed by atoms with E-state index in [0.717, 1.165) is 44.5 Å². The van der Waals surface area contributed by atoms with Crippen molar-refractivity contribution in [1.82, 2.24) is 0 Å². The van der Waals surface area contributed by atoms with E-state index in [4.69, 9.17) is 4.74 Å². The molecule has 4 nitrogen and oxygen atoms in total. The number of methoxy groups -OCH3 is 1. The second-order valence-corrected chi connectivity index (χ2v) is 9.06. The number of esters is 1. The number of aryl methyl sites for hydroxylation is 1. The number of aromatic hydroxyl groups is 1. The fourth-order valence-corrected chi connectivity index (χ4v) is 4.06. The van der Waals surface area contributed by atoms with Gasteiger partial charge in [0.05, 0.1) is 13.7 Å². The van der Waals surface area contributed by atoms with Crippen LogP contribution in [-0.4, -0.2) is 24.8 Å². The third-order valence-corrected chi connectivity index (χ3v) is 6.04. The molecule has 0 unspecified atom stereocenters. The standard InChI is InChI=1S/C28H48O4/c1-3-4-16-19-25-22-26(29)24-27(23-25)32-21-18-15-13-11-9-7-5-6-8-10-12-14-17-20-28(30)31-2/h22-24,29H,3-21H2,1-2H3. The summed E-state index contributed by atoms with van der Waals surface area (Å²) in [6.45, 7) is 2.94. The molecule has 0 aliphatic heterocycles. The average Bonchev–Trinajstić information content (AvgIpc) is 2.78. The smallest absolute Gasteiger partial charge is 0.305 e. The van der Waals surface area contributed by atoms with Crippen molar-refractivity contribution in [3.63, 3.8) is 0 Å². The SMILES string of the molecule is CCCCCc1cc(O)cc(OCCCCCCCCCCCCCCCC(=O)OC)c1. The number of phenolic OH excluding ortho intramolecular Hbond substituents is 1. The zero-order chi connectivity index (χ0) is 23.3. The molecule has 4 heteroatoms. The number of unbranched alkanes of at least 4 members (excludes halogenated alkanes) is 14. The quantitative estimate of drug-likeness (QED) is 0.152. The molecule has 0 aromatic heterocycles. The van der Waals surface area contributed by atoms with Gasteiger partial charge < -0.3 is 14.6 Å². The van der Waals surface area contributed by atoms with Gasteiger partial charge >= 0.3 is 5.97 Å². The molecular weight excluding hydrogens is 400 g/mol. The number of carbonyl (C=O) groups is 1. The monoisotopic (exact) mass is 448 g/mol. The van der Waals surface area contributed by atoms with E-state index in [0.29, 0.717) is 12.2 Å². The van der Waals surface area contributed by atoms with Gasteiger partial charge in [-0.3, -0.25) is 4.79 Å². The van der Waals surface area contributed by atoms with Crippen molar-refractivity contribution in [2.24, 2.45) is 0 Å². The molecule has 0 amide bonds. The third-order valence-electron chi connectivity index (χ3n) is 6.04. The zero-order valence-corrected chi connectivity index (χ0v) is 20.8. The number of hydrogen-bond donors (Lipinski definition) is 1. The summed E-state index contributed by atoms with van der Waals surface area (Å²) >= 11 is 0. The first-order valence-corrected chi connectivity index (χ1v) is 13.2. The van der Waals surface area contributed by atoms with Crippen LogP contribution < -0.4 is 4.74 Å². The molecule has 32 heavy (non-hydrogen) atoms. The lowest BCUT2D eigenvalue weighted by atomic mass is 10.0. The van der Waals surface area contributed by atoms with Crippen LogP contribution >= 0.6 is 0 Å². The lowest BCUT2D eigenvalue weighted by molar-refractivity contribution is -0.140. The molecule has 0 aliphatic carbocycles. The Bertz CT molecular complexity index is 585. The fraction of sp³-hybridized carbons (Fsp3) is 0.750. The summed E-state index contributed by atoms with van der Waals surface area (Å²) in [6, 6.07) is 5.67. The summed E-state index contributed by atoms with van der Waals surface area (Å²) in [5.41, 5.74) is 1.17. The minimum atomic E-state index is -0.0826. The Morgan fingerprint density at radius 3 is 1.88 bits per heavy atom. The van der Waals surface area contributed by atoms with E-state index < -0.39 is 0 Å². The molecule has 0 bridgehead atoms. The molecule has 0 heterocycles. The van der Waals surface area contributed by atoms with Crippen LogP contribution in [0.3, 0.4) is 0 Å². The van der Waals surface area contributed by atoms with E-state index in [-0.39, 0.29) is 5.97 Å². The van der Waals surface area contributed by atoms with Crippen molar-refractivity contribution in [2.45, 2.75) is 122 Å². The van der Waals surface area contributed by atoms with Crippen molar-refractivity contribution in [3.8, 4) is 11.5 Å². The minimum Gasteiger partial charge on any atom is -0.508 e. The van der Waals surface area contributed by atoms with Gasteiger partial charge in [0.2, 0.25) is 0 Å². The van der Waals surface area contributed by atoms with Crippen LogP contribution in [0.4, 0.5) is 0 Å².